The first-order valence-corrected chi connectivity index (χ1v) is 7.38. The summed E-state index contributed by atoms with van der Waals surface area (Å²) in [5.41, 5.74) is 8.11. The minimum atomic E-state index is -0.329. The molecule has 0 saturated carbocycles. The number of ether oxygens (including phenoxy) is 1. The first kappa shape index (κ1) is 14.7. The van der Waals surface area contributed by atoms with E-state index in [1.807, 2.05) is 6.92 Å². The van der Waals surface area contributed by atoms with Gasteiger partial charge >= 0.3 is 0 Å². The number of carbonyl (C=O) groups excluding carboxylic acids is 1. The molecule has 5 nitrogen and oxygen atoms in total. The van der Waals surface area contributed by atoms with Crippen LogP contribution in [0.25, 0.3) is 0 Å². The molecule has 1 atom stereocenters. The van der Waals surface area contributed by atoms with E-state index < -0.39 is 0 Å². The van der Waals surface area contributed by atoms with Crippen LogP contribution in [0.5, 0.6) is 5.75 Å². The zero-order valence-electron chi connectivity index (χ0n) is 12.1. The summed E-state index contributed by atoms with van der Waals surface area (Å²) in [5.74, 6) is 0.599. The Morgan fingerprint density at radius 2 is 2.27 bits per heavy atom. The quantitative estimate of drug-likeness (QED) is 0.892. The Labute approximate surface area is 133 Å². The Hall–Kier alpha value is -2.27. The van der Waals surface area contributed by atoms with Crippen molar-refractivity contribution in [3.8, 4) is 5.75 Å². The SMILES string of the molecule is Cc1ccnc(NC(=O)C2CCOc3ccc(Cl)cc32)c1N. The largest absolute Gasteiger partial charge is 0.493 e. The molecular formula is C16H16ClN3O2. The average Bonchev–Trinajstić information content (AvgIpc) is 2.51. The first-order chi connectivity index (χ1) is 10.6. The molecule has 114 valence electrons. The van der Waals surface area contributed by atoms with E-state index >= 15 is 0 Å². The van der Waals surface area contributed by atoms with Gasteiger partial charge in [0.25, 0.3) is 0 Å². The molecule has 0 spiro atoms. The molecule has 22 heavy (non-hydrogen) atoms. The van der Waals surface area contributed by atoms with Crippen LogP contribution in [0.4, 0.5) is 11.5 Å². The normalized spacial score (nSPS) is 16.5. The van der Waals surface area contributed by atoms with Crippen molar-refractivity contribution in [2.75, 3.05) is 17.7 Å². The maximum Gasteiger partial charge on any atom is 0.233 e. The Bertz CT molecular complexity index is 733. The van der Waals surface area contributed by atoms with Crippen molar-refractivity contribution in [3.63, 3.8) is 0 Å². The Kier molecular flexibility index (Phi) is 3.90. The molecule has 1 aliphatic heterocycles. The van der Waals surface area contributed by atoms with E-state index in [0.717, 1.165) is 11.1 Å². The predicted molar refractivity (Wildman–Crippen MR) is 86.3 cm³/mol. The molecular weight excluding hydrogens is 302 g/mol. The van der Waals surface area contributed by atoms with Crippen LogP contribution in [0.2, 0.25) is 5.02 Å². The third kappa shape index (κ3) is 2.72. The fourth-order valence-corrected chi connectivity index (χ4v) is 2.69. The van der Waals surface area contributed by atoms with E-state index in [4.69, 9.17) is 22.1 Å². The van der Waals surface area contributed by atoms with Crippen LogP contribution in [-0.4, -0.2) is 17.5 Å². The van der Waals surface area contributed by atoms with Gasteiger partial charge in [-0.25, -0.2) is 4.98 Å². The minimum absolute atomic E-state index is 0.156. The van der Waals surface area contributed by atoms with Gasteiger partial charge in [-0.05, 0) is 43.2 Å². The highest BCUT2D eigenvalue weighted by molar-refractivity contribution is 6.30. The van der Waals surface area contributed by atoms with Gasteiger partial charge in [0.15, 0.2) is 5.82 Å². The van der Waals surface area contributed by atoms with Crippen LogP contribution in [0.15, 0.2) is 30.5 Å². The molecule has 0 fully saturated rings. The summed E-state index contributed by atoms with van der Waals surface area (Å²) in [6, 6.07) is 7.11. The number of halogens is 1. The number of nitrogen functional groups attached to an aromatic ring is 1. The highest BCUT2D eigenvalue weighted by atomic mass is 35.5. The van der Waals surface area contributed by atoms with Crippen LogP contribution in [-0.2, 0) is 4.79 Å². The summed E-state index contributed by atoms with van der Waals surface area (Å²) in [6.07, 6.45) is 2.21. The fourth-order valence-electron chi connectivity index (χ4n) is 2.51. The molecule has 1 aromatic heterocycles. The smallest absolute Gasteiger partial charge is 0.233 e. The van der Waals surface area contributed by atoms with Crippen LogP contribution in [0, 0.1) is 6.92 Å². The summed E-state index contributed by atoms with van der Waals surface area (Å²) in [5, 5.41) is 3.39. The van der Waals surface area contributed by atoms with Crippen molar-refractivity contribution in [2.24, 2.45) is 0 Å². The van der Waals surface area contributed by atoms with Crippen LogP contribution in [0.3, 0.4) is 0 Å². The number of pyridine rings is 1. The van der Waals surface area contributed by atoms with Crippen molar-refractivity contribution >= 4 is 29.0 Å². The van der Waals surface area contributed by atoms with E-state index in [0.29, 0.717) is 35.3 Å². The Morgan fingerprint density at radius 1 is 1.45 bits per heavy atom. The van der Waals surface area contributed by atoms with E-state index in [1.165, 1.54) is 0 Å². The molecule has 0 aliphatic carbocycles. The molecule has 1 amide bonds. The van der Waals surface area contributed by atoms with Gasteiger partial charge in [-0.3, -0.25) is 4.79 Å². The lowest BCUT2D eigenvalue weighted by Crippen LogP contribution is -2.27. The summed E-state index contributed by atoms with van der Waals surface area (Å²) < 4.78 is 5.57. The van der Waals surface area contributed by atoms with E-state index in [9.17, 15) is 4.79 Å². The fraction of sp³-hybridized carbons (Fsp3) is 0.250. The second kappa shape index (κ2) is 5.85. The first-order valence-electron chi connectivity index (χ1n) is 7.00. The molecule has 2 aromatic rings. The summed E-state index contributed by atoms with van der Waals surface area (Å²) in [7, 11) is 0. The van der Waals surface area contributed by atoms with Gasteiger partial charge in [0.05, 0.1) is 18.2 Å². The number of carbonyl (C=O) groups is 1. The number of amides is 1. The van der Waals surface area contributed by atoms with Gasteiger partial charge < -0.3 is 15.8 Å². The van der Waals surface area contributed by atoms with Crippen LogP contribution in [0.1, 0.15) is 23.5 Å². The molecule has 1 aliphatic rings. The lowest BCUT2D eigenvalue weighted by atomic mass is 9.92. The maximum atomic E-state index is 12.6. The number of hydrogen-bond acceptors (Lipinski definition) is 4. The van der Waals surface area contributed by atoms with Crippen molar-refractivity contribution in [1.82, 2.24) is 4.98 Å². The minimum Gasteiger partial charge on any atom is -0.493 e. The zero-order valence-corrected chi connectivity index (χ0v) is 12.9. The molecule has 1 unspecified atom stereocenters. The molecule has 3 rings (SSSR count). The number of aromatic nitrogens is 1. The molecule has 6 heteroatoms. The van der Waals surface area contributed by atoms with E-state index in [1.54, 1.807) is 30.5 Å². The summed E-state index contributed by atoms with van der Waals surface area (Å²) >= 11 is 6.03. The van der Waals surface area contributed by atoms with Crippen molar-refractivity contribution < 1.29 is 9.53 Å². The van der Waals surface area contributed by atoms with Crippen molar-refractivity contribution in [2.45, 2.75) is 19.3 Å². The standard InChI is InChI=1S/C16H16ClN3O2/c1-9-4-6-19-15(14(9)18)20-16(21)11-5-7-22-13-3-2-10(17)8-12(11)13/h2-4,6,8,11H,5,7,18H2,1H3,(H,19,20,21). The van der Waals surface area contributed by atoms with E-state index in [2.05, 4.69) is 10.3 Å². The second-order valence-electron chi connectivity index (χ2n) is 5.25. The Morgan fingerprint density at radius 3 is 3.09 bits per heavy atom. The molecule has 2 heterocycles. The van der Waals surface area contributed by atoms with Crippen LogP contribution < -0.4 is 15.8 Å². The second-order valence-corrected chi connectivity index (χ2v) is 5.69. The van der Waals surface area contributed by atoms with Gasteiger partial charge in [-0.15, -0.1) is 0 Å². The number of hydrogen-bond donors (Lipinski definition) is 2. The molecule has 0 radical (unpaired) electrons. The highest BCUT2D eigenvalue weighted by Gasteiger charge is 2.28. The van der Waals surface area contributed by atoms with Crippen molar-refractivity contribution in [3.05, 3.63) is 46.6 Å². The maximum absolute atomic E-state index is 12.6. The number of anilines is 2. The van der Waals surface area contributed by atoms with Gasteiger partial charge in [0.2, 0.25) is 5.91 Å². The van der Waals surface area contributed by atoms with Crippen LogP contribution >= 0.6 is 11.6 Å². The number of nitrogens with zero attached hydrogens (tertiary/aromatic N) is 1. The average molecular weight is 318 g/mol. The molecule has 0 bridgehead atoms. The van der Waals surface area contributed by atoms with E-state index in [-0.39, 0.29) is 11.8 Å². The monoisotopic (exact) mass is 317 g/mol. The third-order valence-corrected chi connectivity index (χ3v) is 4.01. The zero-order chi connectivity index (χ0) is 15.7. The summed E-state index contributed by atoms with van der Waals surface area (Å²) in [6.45, 7) is 2.36. The molecule has 1 aromatic carbocycles. The van der Waals surface area contributed by atoms with Gasteiger partial charge in [-0.1, -0.05) is 11.6 Å². The number of rotatable bonds is 2. The van der Waals surface area contributed by atoms with Gasteiger partial charge in [0, 0.05) is 16.8 Å². The van der Waals surface area contributed by atoms with Gasteiger partial charge in [-0.2, -0.15) is 0 Å². The lowest BCUT2D eigenvalue weighted by molar-refractivity contribution is -0.118. The highest BCUT2D eigenvalue weighted by Crippen LogP contribution is 2.36. The predicted octanol–water partition coefficient (Wildman–Crippen LogP) is 3.13. The number of nitrogens with two attached hydrogens (primary N) is 1. The third-order valence-electron chi connectivity index (χ3n) is 3.78. The number of nitrogens with one attached hydrogen (secondary N) is 1. The molecule has 3 N–H and O–H groups in total. The topological polar surface area (TPSA) is 77.2 Å². The Balaban J connectivity index is 1.88. The lowest BCUT2D eigenvalue weighted by Gasteiger charge is -2.25. The number of fused-ring (bicyclic) bond motifs is 1. The number of aryl methyl sites for hydroxylation is 1. The molecule has 0 saturated heterocycles. The summed E-state index contributed by atoms with van der Waals surface area (Å²) in [4.78, 5) is 16.7. The number of benzene rings is 1. The van der Waals surface area contributed by atoms with Crippen molar-refractivity contribution in [1.29, 1.82) is 0 Å². The van der Waals surface area contributed by atoms with Gasteiger partial charge in [0.1, 0.15) is 5.75 Å².